The fourth-order valence-electron chi connectivity index (χ4n) is 1.04. The molecule has 0 aliphatic heterocycles. The summed E-state index contributed by atoms with van der Waals surface area (Å²) in [6.07, 6.45) is 1.26. The second-order valence-corrected chi connectivity index (χ2v) is 2.40. The number of rotatable bonds is 0. The lowest BCUT2D eigenvalue weighted by molar-refractivity contribution is 0.149. The van der Waals surface area contributed by atoms with E-state index < -0.39 is 6.10 Å². The van der Waals surface area contributed by atoms with Crippen LogP contribution in [0.5, 0.6) is 0 Å². The highest BCUT2D eigenvalue weighted by atomic mass is 16.3. The molecule has 3 nitrogen and oxygen atoms in total. The molecule has 0 aromatic carbocycles. The number of aliphatic hydroxyl groups excluding tert-OH is 1. The van der Waals surface area contributed by atoms with Crippen LogP contribution in [-0.2, 0) is 0 Å². The highest BCUT2D eigenvalue weighted by Crippen LogP contribution is 2.15. The van der Waals surface area contributed by atoms with Gasteiger partial charge in [0.2, 0.25) is 0 Å². The van der Waals surface area contributed by atoms with Crippen LogP contribution in [0.15, 0.2) is 0 Å². The highest BCUT2D eigenvalue weighted by Gasteiger charge is 2.28. The molecule has 0 spiro atoms. The maximum atomic E-state index is 9.02. The zero-order valence-electron chi connectivity index (χ0n) is 4.75. The van der Waals surface area contributed by atoms with Crippen LogP contribution in [-0.4, -0.2) is 23.3 Å². The average Bonchev–Trinajstić information content (AvgIpc) is 1.98. The van der Waals surface area contributed by atoms with Gasteiger partial charge in [-0.15, -0.1) is 0 Å². The lowest BCUT2D eigenvalue weighted by Gasteiger charge is -2.10. The van der Waals surface area contributed by atoms with E-state index in [4.69, 9.17) is 16.6 Å². The van der Waals surface area contributed by atoms with Crippen LogP contribution < -0.4 is 11.5 Å². The van der Waals surface area contributed by atoms with Crippen molar-refractivity contribution < 1.29 is 5.11 Å². The Morgan fingerprint density at radius 3 is 1.62 bits per heavy atom. The molecule has 0 saturated heterocycles. The van der Waals surface area contributed by atoms with Gasteiger partial charge in [0.15, 0.2) is 0 Å². The molecule has 0 amide bonds. The number of aliphatic hydroxyl groups is 1. The van der Waals surface area contributed by atoms with Crippen LogP contribution >= 0.6 is 0 Å². The number of hydrogen-bond donors (Lipinski definition) is 3. The van der Waals surface area contributed by atoms with Gasteiger partial charge in [-0.2, -0.15) is 0 Å². The van der Waals surface area contributed by atoms with E-state index in [2.05, 4.69) is 0 Å². The first kappa shape index (κ1) is 6.01. The third-order valence-corrected chi connectivity index (χ3v) is 1.71. The van der Waals surface area contributed by atoms with Crippen LogP contribution in [0.1, 0.15) is 12.8 Å². The average molecular weight is 116 g/mol. The molecule has 2 atom stereocenters. The molecule has 0 aromatic rings. The molecule has 5 N–H and O–H groups in total. The summed E-state index contributed by atoms with van der Waals surface area (Å²) in [5.41, 5.74) is 10.9. The normalized spacial score (nSPS) is 40.9. The van der Waals surface area contributed by atoms with Crippen molar-refractivity contribution in [2.75, 3.05) is 0 Å². The van der Waals surface area contributed by atoms with Gasteiger partial charge in [0.25, 0.3) is 0 Å². The molecule has 0 aromatic heterocycles. The first-order valence-electron chi connectivity index (χ1n) is 2.91. The van der Waals surface area contributed by atoms with Gasteiger partial charge in [-0.05, 0) is 12.8 Å². The molecule has 48 valence electrons. The van der Waals surface area contributed by atoms with Crippen LogP contribution in [0.3, 0.4) is 0 Å². The maximum Gasteiger partial charge on any atom is 0.0841 e. The fourth-order valence-corrected chi connectivity index (χ4v) is 1.04. The van der Waals surface area contributed by atoms with Crippen molar-refractivity contribution in [3.8, 4) is 0 Å². The van der Waals surface area contributed by atoms with Gasteiger partial charge in [-0.1, -0.05) is 0 Å². The van der Waals surface area contributed by atoms with Gasteiger partial charge in [-0.25, -0.2) is 0 Å². The Kier molecular flexibility index (Phi) is 1.51. The molecule has 0 bridgehead atoms. The SMILES string of the molecule is N[C@@H]1CC[C@@H](N)C1O. The zero-order chi connectivity index (χ0) is 6.15. The fraction of sp³-hybridized carbons (Fsp3) is 1.00. The Morgan fingerprint density at radius 2 is 1.50 bits per heavy atom. The summed E-state index contributed by atoms with van der Waals surface area (Å²) in [4.78, 5) is 0. The van der Waals surface area contributed by atoms with E-state index in [1.54, 1.807) is 0 Å². The highest BCUT2D eigenvalue weighted by molar-refractivity contribution is 4.89. The Hall–Kier alpha value is -0.120. The van der Waals surface area contributed by atoms with Crippen molar-refractivity contribution in [2.24, 2.45) is 11.5 Å². The van der Waals surface area contributed by atoms with Gasteiger partial charge >= 0.3 is 0 Å². The summed E-state index contributed by atoms with van der Waals surface area (Å²) in [7, 11) is 0. The second kappa shape index (κ2) is 2.01. The van der Waals surface area contributed by atoms with E-state index in [1.807, 2.05) is 0 Å². The van der Waals surface area contributed by atoms with Gasteiger partial charge in [0.1, 0.15) is 0 Å². The molecule has 0 unspecified atom stereocenters. The standard InChI is InChI=1S/C5H12N2O/c6-3-1-2-4(7)5(3)8/h3-5,8H,1-2,6-7H2/t3-,4-/m1/s1. The molecule has 1 fully saturated rings. The van der Waals surface area contributed by atoms with E-state index in [9.17, 15) is 0 Å². The molecule has 1 rings (SSSR count). The Labute approximate surface area is 48.7 Å². The molecule has 0 radical (unpaired) electrons. The van der Waals surface area contributed by atoms with Crippen molar-refractivity contribution in [2.45, 2.75) is 31.0 Å². The van der Waals surface area contributed by atoms with Crippen LogP contribution in [0.2, 0.25) is 0 Å². The minimum Gasteiger partial charge on any atom is -0.390 e. The molecular weight excluding hydrogens is 104 g/mol. The second-order valence-electron chi connectivity index (χ2n) is 2.40. The zero-order valence-corrected chi connectivity index (χ0v) is 4.75. The molecule has 3 heteroatoms. The summed E-state index contributed by atoms with van der Waals surface area (Å²) in [5, 5.41) is 9.02. The predicted octanol–water partition coefficient (Wildman–Crippen LogP) is -1.20. The lowest BCUT2D eigenvalue weighted by Crippen LogP contribution is -2.39. The van der Waals surface area contributed by atoms with Crippen molar-refractivity contribution in [3.63, 3.8) is 0 Å². The maximum absolute atomic E-state index is 9.02. The first-order chi connectivity index (χ1) is 3.72. The van der Waals surface area contributed by atoms with E-state index in [0.29, 0.717) is 0 Å². The van der Waals surface area contributed by atoms with Crippen molar-refractivity contribution in [3.05, 3.63) is 0 Å². The van der Waals surface area contributed by atoms with Gasteiger partial charge in [-0.3, -0.25) is 0 Å². The van der Waals surface area contributed by atoms with Gasteiger partial charge in [0, 0.05) is 12.1 Å². The Balaban J connectivity index is 2.44. The lowest BCUT2D eigenvalue weighted by atomic mass is 10.2. The summed E-state index contributed by atoms with van der Waals surface area (Å²) in [6, 6.07) is -0.157. The van der Waals surface area contributed by atoms with Gasteiger partial charge in [0.05, 0.1) is 6.10 Å². The van der Waals surface area contributed by atoms with Crippen molar-refractivity contribution >= 4 is 0 Å². The monoisotopic (exact) mass is 116 g/mol. The summed E-state index contributed by atoms with van der Waals surface area (Å²) in [6.45, 7) is 0. The first-order valence-corrected chi connectivity index (χ1v) is 2.91. The van der Waals surface area contributed by atoms with Crippen molar-refractivity contribution in [1.82, 2.24) is 0 Å². The summed E-state index contributed by atoms with van der Waals surface area (Å²) in [5.74, 6) is 0. The minimum atomic E-state index is -0.463. The van der Waals surface area contributed by atoms with E-state index in [-0.39, 0.29) is 12.1 Å². The van der Waals surface area contributed by atoms with E-state index >= 15 is 0 Å². The van der Waals surface area contributed by atoms with Crippen LogP contribution in [0, 0.1) is 0 Å². The van der Waals surface area contributed by atoms with E-state index in [0.717, 1.165) is 12.8 Å². The topological polar surface area (TPSA) is 72.3 Å². The molecule has 1 aliphatic carbocycles. The Morgan fingerprint density at radius 1 is 1.12 bits per heavy atom. The van der Waals surface area contributed by atoms with Crippen molar-refractivity contribution in [1.29, 1.82) is 0 Å². The van der Waals surface area contributed by atoms with Crippen LogP contribution in [0.25, 0.3) is 0 Å². The molecule has 0 heterocycles. The smallest absolute Gasteiger partial charge is 0.0841 e. The largest absolute Gasteiger partial charge is 0.390 e. The third-order valence-electron chi connectivity index (χ3n) is 1.71. The molecule has 1 saturated carbocycles. The third kappa shape index (κ3) is 0.844. The molecule has 8 heavy (non-hydrogen) atoms. The summed E-state index contributed by atoms with van der Waals surface area (Å²) < 4.78 is 0. The summed E-state index contributed by atoms with van der Waals surface area (Å²) >= 11 is 0. The molecule has 1 aliphatic rings. The Bertz CT molecular complexity index is 76.5. The van der Waals surface area contributed by atoms with E-state index in [1.165, 1.54) is 0 Å². The predicted molar refractivity (Wildman–Crippen MR) is 31.2 cm³/mol. The number of nitrogens with two attached hydrogens (primary N) is 2. The molecular formula is C5H12N2O. The van der Waals surface area contributed by atoms with Crippen LogP contribution in [0.4, 0.5) is 0 Å². The minimum absolute atomic E-state index is 0.0787. The van der Waals surface area contributed by atoms with Gasteiger partial charge < -0.3 is 16.6 Å². The number of hydrogen-bond acceptors (Lipinski definition) is 3. The quantitative estimate of drug-likeness (QED) is 0.372.